The van der Waals surface area contributed by atoms with Crippen LogP contribution in [0.25, 0.3) is 0 Å². The van der Waals surface area contributed by atoms with Gasteiger partial charge in [-0.2, -0.15) is 0 Å². The minimum absolute atomic E-state index is 0.180. The molecule has 0 aliphatic carbocycles. The summed E-state index contributed by atoms with van der Waals surface area (Å²) >= 11 is 0. The van der Waals surface area contributed by atoms with Crippen molar-refractivity contribution < 1.29 is 10.2 Å². The van der Waals surface area contributed by atoms with Crippen LogP contribution in [-0.4, -0.2) is 44.3 Å². The van der Waals surface area contributed by atoms with Crippen molar-refractivity contribution in [1.29, 1.82) is 0 Å². The molecule has 21 heavy (non-hydrogen) atoms. The normalized spacial score (nSPS) is 22.5. The molecule has 0 radical (unpaired) electrons. The number of nitrogens with zero attached hydrogens (tertiary/aromatic N) is 3. The Morgan fingerprint density at radius 3 is 2.90 bits per heavy atom. The van der Waals surface area contributed by atoms with Crippen molar-refractivity contribution in [3.8, 4) is 5.75 Å². The lowest BCUT2D eigenvalue weighted by Crippen LogP contribution is -2.21. The highest BCUT2D eigenvalue weighted by molar-refractivity contribution is 5.27. The Bertz CT molecular complexity index is 591. The zero-order valence-corrected chi connectivity index (χ0v) is 11.8. The van der Waals surface area contributed by atoms with Gasteiger partial charge < -0.3 is 10.2 Å². The van der Waals surface area contributed by atoms with Crippen LogP contribution in [0, 0.1) is 5.92 Å². The number of β-amino-alcohol motifs (C(OH)–C–C–N with tert-alkyl or cyclic N) is 1. The summed E-state index contributed by atoms with van der Waals surface area (Å²) < 4.78 is 0. The van der Waals surface area contributed by atoms with E-state index in [1.165, 1.54) is 0 Å². The van der Waals surface area contributed by atoms with Gasteiger partial charge in [0.1, 0.15) is 5.75 Å². The van der Waals surface area contributed by atoms with Crippen LogP contribution in [0.1, 0.15) is 11.3 Å². The van der Waals surface area contributed by atoms with Gasteiger partial charge in [0, 0.05) is 44.1 Å². The molecule has 1 aliphatic heterocycles. The van der Waals surface area contributed by atoms with Crippen LogP contribution in [0.2, 0.25) is 0 Å². The van der Waals surface area contributed by atoms with Gasteiger partial charge in [-0.25, -0.2) is 0 Å². The number of hydrogen-bond donors (Lipinski definition) is 2. The van der Waals surface area contributed by atoms with Gasteiger partial charge in [-0.3, -0.25) is 14.9 Å². The maximum absolute atomic E-state index is 10.2. The molecule has 2 heterocycles. The fourth-order valence-corrected chi connectivity index (χ4v) is 2.89. The van der Waals surface area contributed by atoms with Gasteiger partial charge in [0.2, 0.25) is 0 Å². The summed E-state index contributed by atoms with van der Waals surface area (Å²) in [6, 6.07) is 7.26. The Balaban J connectivity index is 1.61. The van der Waals surface area contributed by atoms with Gasteiger partial charge in [-0.15, -0.1) is 0 Å². The Morgan fingerprint density at radius 2 is 2.14 bits per heavy atom. The van der Waals surface area contributed by atoms with E-state index >= 15 is 0 Å². The summed E-state index contributed by atoms with van der Waals surface area (Å²) in [6.45, 7) is 2.22. The van der Waals surface area contributed by atoms with Gasteiger partial charge in [-0.05, 0) is 24.1 Å². The largest absolute Gasteiger partial charge is 0.508 e. The molecule has 0 spiro atoms. The molecular weight excluding hydrogens is 266 g/mol. The second-order valence-electron chi connectivity index (χ2n) is 5.59. The van der Waals surface area contributed by atoms with Crippen molar-refractivity contribution in [2.75, 3.05) is 13.1 Å². The number of aliphatic hydroxyl groups excluding tert-OH is 1. The first-order valence-corrected chi connectivity index (χ1v) is 7.14. The van der Waals surface area contributed by atoms with E-state index in [1.54, 1.807) is 30.7 Å². The number of aromatic nitrogens is 2. The molecule has 1 aromatic carbocycles. The third kappa shape index (κ3) is 3.56. The summed E-state index contributed by atoms with van der Waals surface area (Å²) in [6.07, 6.45) is 5.49. The Hall–Kier alpha value is -1.98. The lowest BCUT2D eigenvalue weighted by atomic mass is 10.0. The monoisotopic (exact) mass is 285 g/mol. The van der Waals surface area contributed by atoms with E-state index in [-0.39, 0.29) is 17.8 Å². The molecule has 0 saturated carbocycles. The van der Waals surface area contributed by atoms with E-state index in [0.29, 0.717) is 6.54 Å². The molecule has 1 aromatic heterocycles. The molecule has 1 saturated heterocycles. The van der Waals surface area contributed by atoms with Crippen molar-refractivity contribution in [3.63, 3.8) is 0 Å². The van der Waals surface area contributed by atoms with Crippen molar-refractivity contribution in [2.45, 2.75) is 19.1 Å². The SMILES string of the molecule is Oc1cccc(CN2C[C@@H](Cc3cnccn3)[C@H](O)C2)c1. The predicted octanol–water partition coefficient (Wildman–Crippen LogP) is 1.22. The first-order chi connectivity index (χ1) is 10.2. The molecule has 5 heteroatoms. The number of aliphatic hydroxyl groups is 1. The summed E-state index contributed by atoms with van der Waals surface area (Å²) in [7, 11) is 0. The van der Waals surface area contributed by atoms with Crippen molar-refractivity contribution in [2.24, 2.45) is 5.92 Å². The minimum Gasteiger partial charge on any atom is -0.508 e. The Morgan fingerprint density at radius 1 is 1.24 bits per heavy atom. The molecule has 1 fully saturated rings. The van der Waals surface area contributed by atoms with Crippen molar-refractivity contribution in [3.05, 3.63) is 54.1 Å². The van der Waals surface area contributed by atoms with E-state index in [1.807, 2.05) is 12.1 Å². The summed E-state index contributed by atoms with van der Waals surface area (Å²) in [5, 5.41) is 19.7. The average Bonchev–Trinajstić information content (AvgIpc) is 2.80. The molecule has 1 aliphatic rings. The number of aromatic hydroxyl groups is 1. The second kappa shape index (κ2) is 6.20. The summed E-state index contributed by atoms with van der Waals surface area (Å²) in [5.41, 5.74) is 1.98. The lowest BCUT2D eigenvalue weighted by molar-refractivity contribution is 0.140. The van der Waals surface area contributed by atoms with E-state index in [9.17, 15) is 10.2 Å². The Labute approximate surface area is 123 Å². The smallest absolute Gasteiger partial charge is 0.115 e. The number of hydrogen-bond acceptors (Lipinski definition) is 5. The van der Waals surface area contributed by atoms with Crippen molar-refractivity contribution in [1.82, 2.24) is 14.9 Å². The average molecular weight is 285 g/mol. The maximum atomic E-state index is 10.2. The quantitative estimate of drug-likeness (QED) is 0.884. The highest BCUT2D eigenvalue weighted by Gasteiger charge is 2.31. The molecule has 2 atom stereocenters. The molecule has 3 rings (SSSR count). The molecule has 2 N–H and O–H groups in total. The number of likely N-dealkylation sites (tertiary alicyclic amines) is 1. The molecule has 0 bridgehead atoms. The molecule has 5 nitrogen and oxygen atoms in total. The van der Waals surface area contributed by atoms with Crippen LogP contribution in [0.5, 0.6) is 5.75 Å². The van der Waals surface area contributed by atoms with Gasteiger partial charge in [0.25, 0.3) is 0 Å². The van der Waals surface area contributed by atoms with E-state index in [2.05, 4.69) is 14.9 Å². The Kier molecular flexibility index (Phi) is 4.13. The molecule has 0 unspecified atom stereocenters. The third-order valence-corrected chi connectivity index (χ3v) is 3.89. The lowest BCUT2D eigenvalue weighted by Gasteiger charge is -2.15. The van der Waals surface area contributed by atoms with Crippen LogP contribution in [0.15, 0.2) is 42.9 Å². The van der Waals surface area contributed by atoms with Crippen LogP contribution < -0.4 is 0 Å². The number of phenols is 1. The first kappa shape index (κ1) is 14.0. The van der Waals surface area contributed by atoms with Crippen LogP contribution in [-0.2, 0) is 13.0 Å². The van der Waals surface area contributed by atoms with Crippen LogP contribution in [0.4, 0.5) is 0 Å². The van der Waals surface area contributed by atoms with Gasteiger partial charge in [0.15, 0.2) is 0 Å². The van der Waals surface area contributed by atoms with Crippen LogP contribution in [0.3, 0.4) is 0 Å². The molecule has 0 amide bonds. The fourth-order valence-electron chi connectivity index (χ4n) is 2.89. The number of benzene rings is 1. The van der Waals surface area contributed by atoms with E-state index < -0.39 is 0 Å². The van der Waals surface area contributed by atoms with Crippen molar-refractivity contribution >= 4 is 0 Å². The van der Waals surface area contributed by atoms with E-state index in [0.717, 1.165) is 30.8 Å². The highest BCUT2D eigenvalue weighted by Crippen LogP contribution is 2.23. The minimum atomic E-state index is -0.343. The number of rotatable bonds is 4. The molecular formula is C16H19N3O2. The topological polar surface area (TPSA) is 69.5 Å². The number of phenolic OH excluding ortho intramolecular Hbond substituents is 1. The molecule has 110 valence electrons. The van der Waals surface area contributed by atoms with Gasteiger partial charge in [0.05, 0.1) is 11.8 Å². The van der Waals surface area contributed by atoms with Gasteiger partial charge >= 0.3 is 0 Å². The summed E-state index contributed by atoms with van der Waals surface area (Å²) in [4.78, 5) is 10.5. The van der Waals surface area contributed by atoms with E-state index in [4.69, 9.17) is 0 Å². The standard InChI is InChI=1S/C16H19N3O2/c20-15-3-1-2-12(6-15)9-19-10-13(16(21)11-19)7-14-8-17-4-5-18-14/h1-6,8,13,16,20-21H,7,9-11H2/t13-,16-/m1/s1. The highest BCUT2D eigenvalue weighted by atomic mass is 16.3. The predicted molar refractivity (Wildman–Crippen MR) is 78.6 cm³/mol. The molecule has 2 aromatic rings. The third-order valence-electron chi connectivity index (χ3n) is 3.89. The second-order valence-corrected chi connectivity index (χ2v) is 5.59. The fraction of sp³-hybridized carbons (Fsp3) is 0.375. The first-order valence-electron chi connectivity index (χ1n) is 7.14. The zero-order valence-electron chi connectivity index (χ0n) is 11.8. The van der Waals surface area contributed by atoms with Gasteiger partial charge in [-0.1, -0.05) is 12.1 Å². The summed E-state index contributed by atoms with van der Waals surface area (Å²) in [5.74, 6) is 0.461. The zero-order chi connectivity index (χ0) is 14.7. The maximum Gasteiger partial charge on any atom is 0.115 e. The van der Waals surface area contributed by atoms with Crippen LogP contribution >= 0.6 is 0 Å².